The zero-order chi connectivity index (χ0) is 13.2. The molecule has 0 bridgehead atoms. The van der Waals surface area contributed by atoms with Gasteiger partial charge in [0.25, 0.3) is 0 Å². The third-order valence-electron chi connectivity index (χ3n) is 2.35. The third kappa shape index (κ3) is 3.26. The minimum Gasteiger partial charge on any atom is -0.383 e. The smallest absolute Gasteiger partial charge is 0.383 e. The summed E-state index contributed by atoms with van der Waals surface area (Å²) in [6.45, 7) is 0.976. The van der Waals surface area contributed by atoms with Gasteiger partial charge in [-0.25, -0.2) is 4.39 Å². The lowest BCUT2D eigenvalue weighted by Crippen LogP contribution is -2.38. The normalized spacial score (nSPS) is 15.4. The zero-order valence-corrected chi connectivity index (χ0v) is 8.83. The SMILES string of the molecule is C[C@H](C(=O)c1ccc(F)cc1)[C@H](O)C(F)(F)F. The van der Waals surface area contributed by atoms with E-state index in [1.807, 2.05) is 0 Å². The van der Waals surface area contributed by atoms with Crippen LogP contribution in [0.25, 0.3) is 0 Å². The van der Waals surface area contributed by atoms with Gasteiger partial charge in [-0.3, -0.25) is 4.79 Å². The molecule has 0 radical (unpaired) electrons. The summed E-state index contributed by atoms with van der Waals surface area (Å²) in [6.07, 6.45) is -7.57. The number of benzene rings is 1. The molecule has 0 aliphatic rings. The van der Waals surface area contributed by atoms with Gasteiger partial charge in [-0.15, -0.1) is 0 Å². The molecule has 0 heterocycles. The second-order valence-electron chi connectivity index (χ2n) is 3.65. The summed E-state index contributed by atoms with van der Waals surface area (Å²) >= 11 is 0. The predicted molar refractivity (Wildman–Crippen MR) is 52.0 cm³/mol. The Bertz CT molecular complexity index is 397. The van der Waals surface area contributed by atoms with Gasteiger partial charge in [0.15, 0.2) is 11.9 Å². The van der Waals surface area contributed by atoms with Gasteiger partial charge in [0.1, 0.15) is 5.82 Å². The molecular weight excluding hydrogens is 240 g/mol. The van der Waals surface area contributed by atoms with Crippen LogP contribution in [0.5, 0.6) is 0 Å². The summed E-state index contributed by atoms with van der Waals surface area (Å²) in [4.78, 5) is 11.6. The average molecular weight is 250 g/mol. The molecule has 2 nitrogen and oxygen atoms in total. The van der Waals surface area contributed by atoms with E-state index in [4.69, 9.17) is 5.11 Å². The van der Waals surface area contributed by atoms with Gasteiger partial charge in [-0.1, -0.05) is 6.92 Å². The van der Waals surface area contributed by atoms with E-state index < -0.39 is 29.8 Å². The Morgan fingerprint density at radius 1 is 1.24 bits per heavy atom. The number of Topliss-reactive ketones (excluding diaryl/α,β-unsaturated/α-hetero) is 1. The Morgan fingerprint density at radius 2 is 1.71 bits per heavy atom. The molecule has 0 fully saturated rings. The van der Waals surface area contributed by atoms with E-state index in [0.717, 1.165) is 31.2 Å². The Kier molecular flexibility index (Phi) is 3.87. The fourth-order valence-corrected chi connectivity index (χ4v) is 1.30. The first-order chi connectivity index (χ1) is 7.73. The van der Waals surface area contributed by atoms with Crippen LogP contribution in [0.15, 0.2) is 24.3 Å². The van der Waals surface area contributed by atoms with Crippen LogP contribution in [0.3, 0.4) is 0 Å². The van der Waals surface area contributed by atoms with Gasteiger partial charge in [0.05, 0.1) is 5.92 Å². The summed E-state index contributed by atoms with van der Waals surface area (Å²) in [7, 11) is 0. The Hall–Kier alpha value is -1.43. The number of rotatable bonds is 3. The lowest BCUT2D eigenvalue weighted by atomic mass is 9.94. The van der Waals surface area contributed by atoms with Crippen molar-refractivity contribution in [1.82, 2.24) is 0 Å². The predicted octanol–water partition coefficient (Wildman–Crippen LogP) is 2.57. The van der Waals surface area contributed by atoms with Crippen LogP contribution in [0.2, 0.25) is 0 Å². The van der Waals surface area contributed by atoms with Crippen LogP contribution >= 0.6 is 0 Å². The van der Waals surface area contributed by atoms with Crippen molar-refractivity contribution in [2.75, 3.05) is 0 Å². The topological polar surface area (TPSA) is 37.3 Å². The Balaban J connectivity index is 2.87. The van der Waals surface area contributed by atoms with Crippen molar-refractivity contribution in [1.29, 1.82) is 0 Å². The highest BCUT2D eigenvalue weighted by Crippen LogP contribution is 2.27. The van der Waals surface area contributed by atoms with Crippen molar-refractivity contribution in [2.24, 2.45) is 5.92 Å². The van der Waals surface area contributed by atoms with Crippen molar-refractivity contribution in [2.45, 2.75) is 19.2 Å². The fraction of sp³-hybridized carbons (Fsp3) is 0.364. The number of hydrogen-bond acceptors (Lipinski definition) is 2. The highest BCUT2D eigenvalue weighted by molar-refractivity contribution is 5.98. The van der Waals surface area contributed by atoms with Gasteiger partial charge in [-0.05, 0) is 24.3 Å². The third-order valence-corrected chi connectivity index (χ3v) is 2.35. The first kappa shape index (κ1) is 13.6. The maximum absolute atomic E-state index is 12.6. The van der Waals surface area contributed by atoms with Gasteiger partial charge in [0.2, 0.25) is 0 Å². The van der Waals surface area contributed by atoms with Crippen LogP contribution in [0, 0.1) is 11.7 Å². The highest BCUT2D eigenvalue weighted by Gasteiger charge is 2.44. The van der Waals surface area contributed by atoms with Gasteiger partial charge >= 0.3 is 6.18 Å². The van der Waals surface area contributed by atoms with E-state index in [1.165, 1.54) is 0 Å². The van der Waals surface area contributed by atoms with E-state index in [9.17, 15) is 22.4 Å². The zero-order valence-electron chi connectivity index (χ0n) is 8.83. The fourth-order valence-electron chi connectivity index (χ4n) is 1.30. The molecule has 0 amide bonds. The molecule has 0 spiro atoms. The molecular formula is C11H10F4O2. The lowest BCUT2D eigenvalue weighted by molar-refractivity contribution is -0.212. The van der Waals surface area contributed by atoms with Gasteiger partial charge in [0, 0.05) is 5.56 Å². The molecule has 1 aromatic rings. The minimum atomic E-state index is -4.85. The van der Waals surface area contributed by atoms with Crippen molar-refractivity contribution in [3.63, 3.8) is 0 Å². The Morgan fingerprint density at radius 3 is 2.12 bits per heavy atom. The van der Waals surface area contributed by atoms with Gasteiger partial charge < -0.3 is 5.11 Å². The number of ketones is 1. The molecule has 0 aromatic heterocycles. The number of carbonyl (C=O) groups excluding carboxylic acids is 1. The number of aliphatic hydroxyl groups excluding tert-OH is 1. The maximum atomic E-state index is 12.6. The molecule has 0 saturated heterocycles. The maximum Gasteiger partial charge on any atom is 0.415 e. The van der Waals surface area contributed by atoms with Crippen LogP contribution in [-0.4, -0.2) is 23.2 Å². The van der Waals surface area contributed by atoms with Gasteiger partial charge in [-0.2, -0.15) is 13.2 Å². The van der Waals surface area contributed by atoms with E-state index >= 15 is 0 Å². The number of aliphatic hydroxyl groups is 1. The molecule has 94 valence electrons. The van der Waals surface area contributed by atoms with Crippen molar-refractivity contribution < 1.29 is 27.5 Å². The molecule has 0 unspecified atom stereocenters. The van der Waals surface area contributed by atoms with E-state index in [-0.39, 0.29) is 5.56 Å². The number of alkyl halides is 3. The van der Waals surface area contributed by atoms with Crippen LogP contribution in [0.4, 0.5) is 17.6 Å². The van der Waals surface area contributed by atoms with Crippen molar-refractivity contribution in [3.8, 4) is 0 Å². The summed E-state index contributed by atoms with van der Waals surface area (Å²) in [5.41, 5.74) is -0.0674. The van der Waals surface area contributed by atoms with Crippen LogP contribution < -0.4 is 0 Å². The van der Waals surface area contributed by atoms with E-state index in [1.54, 1.807) is 0 Å². The molecule has 1 aromatic carbocycles. The molecule has 1 rings (SSSR count). The van der Waals surface area contributed by atoms with Crippen LogP contribution in [0.1, 0.15) is 17.3 Å². The highest BCUT2D eigenvalue weighted by atomic mass is 19.4. The van der Waals surface area contributed by atoms with Crippen LogP contribution in [-0.2, 0) is 0 Å². The average Bonchev–Trinajstić information content (AvgIpc) is 2.26. The number of halogens is 4. The number of carbonyl (C=O) groups is 1. The van der Waals surface area contributed by atoms with Crippen molar-refractivity contribution in [3.05, 3.63) is 35.6 Å². The molecule has 1 N–H and O–H groups in total. The van der Waals surface area contributed by atoms with Crippen molar-refractivity contribution >= 4 is 5.78 Å². The molecule has 0 aliphatic carbocycles. The molecule has 6 heteroatoms. The standard InChI is InChI=1S/C11H10F4O2/c1-6(10(17)11(13,14)15)9(16)7-2-4-8(12)5-3-7/h2-6,10,17H,1H3/t6-,10+/m1/s1. The molecule has 0 saturated carbocycles. The largest absolute Gasteiger partial charge is 0.415 e. The molecule has 2 atom stereocenters. The first-order valence-electron chi connectivity index (χ1n) is 4.78. The van der Waals surface area contributed by atoms with E-state index in [0.29, 0.717) is 0 Å². The quantitative estimate of drug-likeness (QED) is 0.661. The lowest BCUT2D eigenvalue weighted by Gasteiger charge is -2.20. The Labute approximate surface area is 94.9 Å². The second kappa shape index (κ2) is 4.83. The minimum absolute atomic E-state index is 0.0674. The summed E-state index contributed by atoms with van der Waals surface area (Å²) < 4.78 is 49.1. The summed E-state index contributed by atoms with van der Waals surface area (Å²) in [6, 6.07) is 4.11. The first-order valence-corrected chi connectivity index (χ1v) is 4.78. The summed E-state index contributed by atoms with van der Waals surface area (Å²) in [5.74, 6) is -3.10. The molecule has 0 aliphatic heterocycles. The molecule has 17 heavy (non-hydrogen) atoms. The number of hydrogen-bond donors (Lipinski definition) is 1. The monoisotopic (exact) mass is 250 g/mol. The second-order valence-corrected chi connectivity index (χ2v) is 3.65. The summed E-state index contributed by atoms with van der Waals surface area (Å²) in [5, 5.41) is 8.92. The van der Waals surface area contributed by atoms with E-state index in [2.05, 4.69) is 0 Å².